The standard InChI is InChI=1S/C26H34N2O3/c1-2-3-4-5-20-6-7-21-8-9-24(17-22(21)16-20)31-19-23(29)18-28-14-12-26(13-15-28)11-10-25(30)27-26/h4-9,16-17,23,29H,2-3,10-15,18-19H2,1H3,(H,27,30)/b5-4+. The Bertz CT molecular complexity index is 931. The molecule has 2 fully saturated rings. The molecule has 166 valence electrons. The lowest BCUT2D eigenvalue weighted by Gasteiger charge is -2.39. The van der Waals surface area contributed by atoms with Gasteiger partial charge >= 0.3 is 0 Å². The van der Waals surface area contributed by atoms with E-state index in [-0.39, 0.29) is 18.1 Å². The van der Waals surface area contributed by atoms with Crippen LogP contribution in [-0.2, 0) is 4.79 Å². The molecule has 2 aromatic carbocycles. The number of nitrogens with zero attached hydrogens (tertiary/aromatic N) is 1. The maximum absolute atomic E-state index is 11.6. The van der Waals surface area contributed by atoms with Crippen molar-refractivity contribution < 1.29 is 14.6 Å². The highest BCUT2D eigenvalue weighted by atomic mass is 16.5. The summed E-state index contributed by atoms with van der Waals surface area (Å²) in [6.45, 7) is 4.87. The van der Waals surface area contributed by atoms with Crippen LogP contribution in [0.5, 0.6) is 5.75 Å². The topological polar surface area (TPSA) is 61.8 Å². The normalized spacial score (nSPS) is 19.9. The summed E-state index contributed by atoms with van der Waals surface area (Å²) in [7, 11) is 0. The van der Waals surface area contributed by atoms with Crippen LogP contribution in [0, 0.1) is 0 Å². The molecular weight excluding hydrogens is 388 g/mol. The van der Waals surface area contributed by atoms with Crippen molar-refractivity contribution in [1.29, 1.82) is 0 Å². The Labute approximate surface area is 185 Å². The van der Waals surface area contributed by atoms with Crippen molar-refractivity contribution in [2.75, 3.05) is 26.2 Å². The van der Waals surface area contributed by atoms with E-state index in [1.54, 1.807) is 0 Å². The summed E-state index contributed by atoms with van der Waals surface area (Å²) in [6.07, 6.45) is 9.61. The van der Waals surface area contributed by atoms with Gasteiger partial charge in [-0.25, -0.2) is 0 Å². The molecule has 5 nitrogen and oxygen atoms in total. The Balaban J connectivity index is 1.27. The number of carbonyl (C=O) groups excluding carboxylic acids is 1. The number of nitrogens with one attached hydrogen (secondary N) is 1. The molecule has 2 aliphatic heterocycles. The van der Waals surface area contributed by atoms with E-state index in [1.165, 1.54) is 10.9 Å². The molecule has 0 saturated carbocycles. The van der Waals surface area contributed by atoms with Crippen molar-refractivity contribution in [2.45, 2.75) is 57.1 Å². The van der Waals surface area contributed by atoms with Gasteiger partial charge in [0.05, 0.1) is 0 Å². The Morgan fingerprint density at radius 2 is 1.97 bits per heavy atom. The maximum atomic E-state index is 11.6. The van der Waals surface area contributed by atoms with E-state index >= 15 is 0 Å². The molecule has 1 amide bonds. The highest BCUT2D eigenvalue weighted by molar-refractivity contribution is 5.86. The summed E-state index contributed by atoms with van der Waals surface area (Å²) >= 11 is 0. The molecule has 2 aliphatic rings. The number of hydrogen-bond donors (Lipinski definition) is 2. The smallest absolute Gasteiger partial charge is 0.220 e. The van der Waals surface area contributed by atoms with E-state index in [0.29, 0.717) is 13.0 Å². The van der Waals surface area contributed by atoms with Crippen molar-refractivity contribution in [2.24, 2.45) is 0 Å². The van der Waals surface area contributed by atoms with E-state index < -0.39 is 6.10 Å². The van der Waals surface area contributed by atoms with Crippen LogP contribution in [0.15, 0.2) is 42.5 Å². The first kappa shape index (κ1) is 21.8. The van der Waals surface area contributed by atoms with Gasteiger partial charge in [-0.05, 0) is 60.2 Å². The maximum Gasteiger partial charge on any atom is 0.220 e. The molecule has 0 radical (unpaired) electrons. The highest BCUT2D eigenvalue weighted by Crippen LogP contribution is 2.31. The molecule has 2 saturated heterocycles. The molecule has 0 bridgehead atoms. The van der Waals surface area contributed by atoms with Crippen molar-refractivity contribution in [3.63, 3.8) is 0 Å². The Kier molecular flexibility index (Phi) is 6.93. The third-order valence-electron chi connectivity index (χ3n) is 6.56. The van der Waals surface area contributed by atoms with E-state index in [4.69, 9.17) is 4.74 Å². The van der Waals surface area contributed by atoms with Crippen LogP contribution in [0.1, 0.15) is 51.0 Å². The number of β-amino-alcohol motifs (C(OH)–C–C–N with tert-alkyl or cyclic N) is 1. The lowest BCUT2D eigenvalue weighted by atomic mass is 9.86. The zero-order valence-corrected chi connectivity index (χ0v) is 18.5. The fourth-order valence-corrected chi connectivity index (χ4v) is 4.68. The number of amides is 1. The fraction of sp³-hybridized carbons (Fsp3) is 0.500. The Hall–Kier alpha value is -2.37. The van der Waals surface area contributed by atoms with Crippen molar-refractivity contribution >= 4 is 22.8 Å². The molecule has 2 N–H and O–H groups in total. The average molecular weight is 423 g/mol. The van der Waals surface area contributed by atoms with Crippen molar-refractivity contribution in [1.82, 2.24) is 10.2 Å². The number of unbranched alkanes of at least 4 members (excludes halogenated alkanes) is 1. The van der Waals surface area contributed by atoms with Gasteiger partial charge in [0.25, 0.3) is 0 Å². The summed E-state index contributed by atoms with van der Waals surface area (Å²) in [4.78, 5) is 13.8. The van der Waals surface area contributed by atoms with E-state index in [0.717, 1.165) is 56.3 Å². The van der Waals surface area contributed by atoms with Crippen LogP contribution in [0.4, 0.5) is 0 Å². The van der Waals surface area contributed by atoms with Crippen molar-refractivity contribution in [3.8, 4) is 5.75 Å². The first-order valence-corrected chi connectivity index (χ1v) is 11.6. The molecule has 0 aromatic heterocycles. The Morgan fingerprint density at radius 3 is 2.71 bits per heavy atom. The molecular formula is C26H34N2O3. The molecule has 2 aromatic rings. The number of aliphatic hydroxyl groups is 1. The number of aliphatic hydroxyl groups excluding tert-OH is 1. The fourth-order valence-electron chi connectivity index (χ4n) is 4.68. The van der Waals surface area contributed by atoms with E-state index in [9.17, 15) is 9.90 Å². The summed E-state index contributed by atoms with van der Waals surface area (Å²) in [5.41, 5.74) is 1.20. The van der Waals surface area contributed by atoms with Gasteiger partial charge in [-0.3, -0.25) is 4.79 Å². The zero-order chi connectivity index (χ0) is 21.7. The van der Waals surface area contributed by atoms with Crippen molar-refractivity contribution in [3.05, 3.63) is 48.0 Å². The summed E-state index contributed by atoms with van der Waals surface area (Å²) in [5.74, 6) is 0.967. The number of likely N-dealkylation sites (tertiary alicyclic amines) is 1. The second kappa shape index (κ2) is 9.84. The number of hydrogen-bond acceptors (Lipinski definition) is 4. The monoisotopic (exact) mass is 422 g/mol. The minimum Gasteiger partial charge on any atom is -0.491 e. The van der Waals surface area contributed by atoms with Gasteiger partial charge in [-0.15, -0.1) is 0 Å². The van der Waals surface area contributed by atoms with Crippen LogP contribution in [0.2, 0.25) is 0 Å². The molecule has 1 unspecified atom stereocenters. The Morgan fingerprint density at radius 1 is 1.16 bits per heavy atom. The number of carbonyl (C=O) groups is 1. The third-order valence-corrected chi connectivity index (χ3v) is 6.56. The number of rotatable bonds is 8. The van der Waals surface area contributed by atoms with Gasteiger partial charge in [-0.1, -0.05) is 43.7 Å². The van der Waals surface area contributed by atoms with Crippen LogP contribution in [0.3, 0.4) is 0 Å². The first-order valence-electron chi connectivity index (χ1n) is 11.6. The molecule has 4 rings (SSSR count). The van der Waals surface area contributed by atoms with E-state index in [2.05, 4.69) is 53.6 Å². The molecule has 1 atom stereocenters. The van der Waals surface area contributed by atoms with Gasteiger partial charge in [-0.2, -0.15) is 0 Å². The quantitative estimate of drug-likeness (QED) is 0.671. The van der Waals surface area contributed by atoms with Crippen LogP contribution < -0.4 is 10.1 Å². The van der Waals surface area contributed by atoms with Gasteiger partial charge in [0.2, 0.25) is 5.91 Å². The molecule has 5 heteroatoms. The predicted octanol–water partition coefficient (Wildman–Crippen LogP) is 4.14. The number of ether oxygens (including phenoxy) is 1. The molecule has 1 spiro atoms. The van der Waals surface area contributed by atoms with Crippen LogP contribution in [0.25, 0.3) is 16.8 Å². The van der Waals surface area contributed by atoms with Crippen LogP contribution in [-0.4, -0.2) is 53.8 Å². The second-order valence-electron chi connectivity index (χ2n) is 9.05. The predicted molar refractivity (Wildman–Crippen MR) is 125 cm³/mol. The van der Waals surface area contributed by atoms with Gasteiger partial charge in [0.1, 0.15) is 18.5 Å². The molecule has 31 heavy (non-hydrogen) atoms. The van der Waals surface area contributed by atoms with Gasteiger partial charge < -0.3 is 20.1 Å². The third kappa shape index (κ3) is 5.66. The second-order valence-corrected chi connectivity index (χ2v) is 9.05. The summed E-state index contributed by atoms with van der Waals surface area (Å²) in [6, 6.07) is 12.5. The lowest BCUT2D eigenvalue weighted by molar-refractivity contribution is -0.120. The number of fused-ring (bicyclic) bond motifs is 1. The highest BCUT2D eigenvalue weighted by Gasteiger charge is 2.40. The van der Waals surface area contributed by atoms with Crippen LogP contribution >= 0.6 is 0 Å². The number of benzene rings is 2. The lowest BCUT2D eigenvalue weighted by Crippen LogP contribution is -2.52. The van der Waals surface area contributed by atoms with E-state index in [1.807, 2.05) is 12.1 Å². The van der Waals surface area contributed by atoms with Gasteiger partial charge in [0, 0.05) is 31.6 Å². The number of piperidine rings is 1. The SMILES string of the molecule is CCC/C=C/c1ccc2ccc(OCC(O)CN3CCC4(CCC(=O)N4)CC3)cc2c1. The molecule has 0 aliphatic carbocycles. The minimum absolute atomic E-state index is 0.00467. The zero-order valence-electron chi connectivity index (χ0n) is 18.5. The largest absolute Gasteiger partial charge is 0.491 e. The average Bonchev–Trinajstić information content (AvgIpc) is 3.14. The summed E-state index contributed by atoms with van der Waals surface area (Å²) < 4.78 is 5.91. The minimum atomic E-state index is -0.536. The molecule has 2 heterocycles. The number of allylic oxidation sites excluding steroid dienone is 1. The first-order chi connectivity index (χ1) is 15.0. The van der Waals surface area contributed by atoms with Gasteiger partial charge in [0.15, 0.2) is 0 Å². The summed E-state index contributed by atoms with van der Waals surface area (Å²) in [5, 5.41) is 16.0.